The number of methoxy groups -OCH3 is 1. The van der Waals surface area contributed by atoms with Crippen molar-refractivity contribution in [1.29, 1.82) is 0 Å². The van der Waals surface area contributed by atoms with Crippen molar-refractivity contribution >= 4 is 6.09 Å². The monoisotopic (exact) mass is 547 g/mol. The van der Waals surface area contributed by atoms with Crippen molar-refractivity contribution in [3.63, 3.8) is 0 Å². The van der Waals surface area contributed by atoms with Crippen LogP contribution >= 0.6 is 0 Å². The van der Waals surface area contributed by atoms with Gasteiger partial charge in [-0.3, -0.25) is 9.80 Å². The molecule has 2 aromatic carbocycles. The van der Waals surface area contributed by atoms with Crippen LogP contribution in [0, 0.1) is 5.41 Å². The second-order valence-electron chi connectivity index (χ2n) is 13.7. The van der Waals surface area contributed by atoms with E-state index in [2.05, 4.69) is 66.1 Å². The molecule has 0 N–H and O–H groups in total. The Morgan fingerprint density at radius 2 is 1.73 bits per heavy atom. The van der Waals surface area contributed by atoms with Crippen LogP contribution in [-0.4, -0.2) is 72.3 Å². The molecule has 2 heterocycles. The Morgan fingerprint density at radius 3 is 2.40 bits per heavy atom. The maximum atomic E-state index is 12.6. The molecule has 3 aliphatic rings. The van der Waals surface area contributed by atoms with E-state index in [0.29, 0.717) is 23.4 Å². The van der Waals surface area contributed by atoms with Crippen LogP contribution < -0.4 is 4.74 Å². The van der Waals surface area contributed by atoms with Crippen molar-refractivity contribution in [2.75, 3.05) is 39.8 Å². The van der Waals surface area contributed by atoms with Crippen molar-refractivity contribution in [1.82, 2.24) is 14.7 Å². The summed E-state index contributed by atoms with van der Waals surface area (Å²) in [4.78, 5) is 20.0. The van der Waals surface area contributed by atoms with E-state index in [9.17, 15) is 4.79 Å². The second kappa shape index (κ2) is 11.7. The van der Waals surface area contributed by atoms with E-state index in [-0.39, 0.29) is 6.09 Å². The molecule has 1 aliphatic carbocycles. The maximum Gasteiger partial charge on any atom is 0.410 e. The zero-order chi connectivity index (χ0) is 28.5. The Bertz CT molecular complexity index is 1160. The summed E-state index contributed by atoms with van der Waals surface area (Å²) in [6, 6.07) is 18.6. The third-order valence-corrected chi connectivity index (χ3v) is 9.31. The van der Waals surface area contributed by atoms with Gasteiger partial charge in [-0.1, -0.05) is 50.2 Å². The van der Waals surface area contributed by atoms with Crippen LogP contribution in [0.4, 0.5) is 4.79 Å². The molecule has 2 saturated heterocycles. The first kappa shape index (κ1) is 28.9. The molecule has 5 rings (SSSR count). The topological polar surface area (TPSA) is 45.2 Å². The third-order valence-electron chi connectivity index (χ3n) is 9.31. The predicted molar refractivity (Wildman–Crippen MR) is 161 cm³/mol. The molecule has 3 fully saturated rings. The van der Waals surface area contributed by atoms with E-state index in [1.807, 2.05) is 31.7 Å². The average molecular weight is 548 g/mol. The summed E-state index contributed by atoms with van der Waals surface area (Å²) in [6.45, 7) is 16.2. The highest BCUT2D eigenvalue weighted by Crippen LogP contribution is 2.53. The minimum atomic E-state index is -0.441. The minimum Gasteiger partial charge on any atom is -0.497 e. The van der Waals surface area contributed by atoms with E-state index in [1.165, 1.54) is 29.5 Å². The number of amides is 1. The number of benzene rings is 2. The average Bonchev–Trinajstić information content (AvgIpc) is 2.91. The normalized spacial score (nSPS) is 22.4. The van der Waals surface area contributed by atoms with E-state index in [4.69, 9.17) is 9.47 Å². The molecule has 1 saturated carbocycles. The zero-order valence-electron chi connectivity index (χ0n) is 25.5. The van der Waals surface area contributed by atoms with Crippen molar-refractivity contribution < 1.29 is 14.3 Å². The summed E-state index contributed by atoms with van der Waals surface area (Å²) in [5.74, 6) is 1.42. The first-order chi connectivity index (χ1) is 19.1. The maximum absolute atomic E-state index is 12.6. The van der Waals surface area contributed by atoms with E-state index in [0.717, 1.165) is 57.9 Å². The molecule has 2 aromatic rings. The van der Waals surface area contributed by atoms with E-state index >= 15 is 0 Å². The summed E-state index contributed by atoms with van der Waals surface area (Å²) in [7, 11) is 1.74. The van der Waals surface area contributed by atoms with Crippen molar-refractivity contribution in [2.45, 2.75) is 90.4 Å². The lowest BCUT2D eigenvalue weighted by molar-refractivity contribution is -0.0782. The lowest BCUT2D eigenvalue weighted by atomic mass is 9.59. The van der Waals surface area contributed by atoms with Crippen LogP contribution in [0.5, 0.6) is 5.75 Å². The number of piperazine rings is 1. The molecule has 218 valence electrons. The van der Waals surface area contributed by atoms with Gasteiger partial charge in [0.1, 0.15) is 11.4 Å². The van der Waals surface area contributed by atoms with Crippen LogP contribution in [0.25, 0.3) is 0 Å². The van der Waals surface area contributed by atoms with Gasteiger partial charge in [0.2, 0.25) is 0 Å². The van der Waals surface area contributed by atoms with Crippen molar-refractivity contribution in [2.24, 2.45) is 5.41 Å². The highest BCUT2D eigenvalue weighted by molar-refractivity contribution is 5.68. The molecule has 6 heteroatoms. The van der Waals surface area contributed by atoms with Gasteiger partial charge in [0.15, 0.2) is 0 Å². The number of piperidine rings is 1. The van der Waals surface area contributed by atoms with Gasteiger partial charge in [-0.2, -0.15) is 0 Å². The highest BCUT2D eigenvalue weighted by atomic mass is 16.6. The molecular formula is C34H49N3O3. The summed E-state index contributed by atoms with van der Waals surface area (Å²) in [6.07, 6.45) is 4.50. The summed E-state index contributed by atoms with van der Waals surface area (Å²) in [5, 5.41) is 0. The second-order valence-corrected chi connectivity index (χ2v) is 13.7. The van der Waals surface area contributed by atoms with Crippen molar-refractivity contribution in [3.05, 3.63) is 65.2 Å². The van der Waals surface area contributed by atoms with Gasteiger partial charge >= 0.3 is 6.09 Å². The molecule has 1 unspecified atom stereocenters. The van der Waals surface area contributed by atoms with Gasteiger partial charge < -0.3 is 14.4 Å². The van der Waals surface area contributed by atoms with Gasteiger partial charge in [-0.25, -0.2) is 4.79 Å². The van der Waals surface area contributed by atoms with Crippen LogP contribution in [0.3, 0.4) is 0 Å². The van der Waals surface area contributed by atoms with Crippen LogP contribution in [0.1, 0.15) is 89.0 Å². The minimum absolute atomic E-state index is 0.157. The Labute approximate surface area is 241 Å². The fraction of sp³-hybridized carbons (Fsp3) is 0.618. The largest absolute Gasteiger partial charge is 0.497 e. The molecule has 2 aliphatic heterocycles. The Kier molecular flexibility index (Phi) is 8.49. The fourth-order valence-corrected chi connectivity index (χ4v) is 7.15. The molecule has 0 aromatic heterocycles. The van der Waals surface area contributed by atoms with Crippen molar-refractivity contribution in [3.8, 4) is 5.75 Å². The predicted octanol–water partition coefficient (Wildman–Crippen LogP) is 6.86. The number of likely N-dealkylation sites (tertiary alicyclic amines) is 1. The van der Waals surface area contributed by atoms with E-state index in [1.54, 1.807) is 7.11 Å². The highest BCUT2D eigenvalue weighted by Gasteiger charge is 2.50. The fourth-order valence-electron chi connectivity index (χ4n) is 7.15. The van der Waals surface area contributed by atoms with E-state index < -0.39 is 5.60 Å². The van der Waals surface area contributed by atoms with Gasteiger partial charge in [0, 0.05) is 51.4 Å². The van der Waals surface area contributed by atoms with Gasteiger partial charge in [-0.05, 0) is 86.6 Å². The summed E-state index contributed by atoms with van der Waals surface area (Å²) in [5.41, 5.74) is 4.21. The Hall–Kier alpha value is -2.57. The molecule has 40 heavy (non-hydrogen) atoms. The lowest BCUT2D eigenvalue weighted by Crippen LogP contribution is -2.60. The number of ether oxygens (including phenoxy) is 2. The number of rotatable bonds is 6. The number of hydrogen-bond acceptors (Lipinski definition) is 5. The number of carbonyl (C=O) groups excluding carboxylic acids is 1. The summed E-state index contributed by atoms with van der Waals surface area (Å²) < 4.78 is 11.1. The molecular weight excluding hydrogens is 498 g/mol. The molecule has 1 atom stereocenters. The van der Waals surface area contributed by atoms with Gasteiger partial charge in [0.05, 0.1) is 7.11 Å². The number of carbonyl (C=O) groups is 1. The standard InChI is InChI=1S/C34H49N3O3/c1-25(2)29-12-7-8-13-30(29)31-24-35(23-26-10-9-11-28(20-26)39-6)18-19-37(31)27-21-34(22-27)14-16-36(17-15-34)32(38)40-33(3,4)5/h7-13,20,25,27,31H,14-19,21-24H2,1-6H3. The number of hydrogen-bond donors (Lipinski definition) is 0. The molecule has 1 spiro atoms. The zero-order valence-corrected chi connectivity index (χ0v) is 25.5. The summed E-state index contributed by atoms with van der Waals surface area (Å²) >= 11 is 0. The first-order valence-electron chi connectivity index (χ1n) is 15.2. The SMILES string of the molecule is COc1cccc(CN2CCN(C3CC4(CCN(C(=O)OC(C)(C)C)CC4)C3)C(c3ccccc3C(C)C)C2)c1. The molecule has 1 amide bonds. The smallest absolute Gasteiger partial charge is 0.410 e. The third kappa shape index (κ3) is 6.49. The molecule has 0 radical (unpaired) electrons. The Balaban J connectivity index is 1.28. The van der Waals surface area contributed by atoms with Gasteiger partial charge in [0.25, 0.3) is 0 Å². The molecule has 0 bridgehead atoms. The van der Waals surface area contributed by atoms with Crippen LogP contribution in [-0.2, 0) is 11.3 Å². The molecule has 6 nitrogen and oxygen atoms in total. The van der Waals surface area contributed by atoms with Crippen LogP contribution in [0.2, 0.25) is 0 Å². The van der Waals surface area contributed by atoms with Gasteiger partial charge in [-0.15, -0.1) is 0 Å². The number of nitrogens with zero attached hydrogens (tertiary/aromatic N) is 3. The quantitative estimate of drug-likeness (QED) is 0.395. The first-order valence-corrected chi connectivity index (χ1v) is 15.2. The Morgan fingerprint density at radius 1 is 1.00 bits per heavy atom. The lowest BCUT2D eigenvalue weighted by Gasteiger charge is -2.58. The van der Waals surface area contributed by atoms with Crippen LogP contribution in [0.15, 0.2) is 48.5 Å².